The molecule has 1 fully saturated rings. The molecule has 2 unspecified atom stereocenters. The number of carbonyl (C=O) groups is 2. The molecule has 0 saturated carbocycles. The van der Waals surface area contributed by atoms with Gasteiger partial charge >= 0.3 is 5.97 Å². The fourth-order valence-corrected chi connectivity index (χ4v) is 2.91. The van der Waals surface area contributed by atoms with E-state index in [1.165, 1.54) is 0 Å². The number of amides is 1. The smallest absolute Gasteiger partial charge is 0.308 e. The number of anilines is 1. The zero-order chi connectivity index (χ0) is 15.6. The van der Waals surface area contributed by atoms with E-state index in [2.05, 4.69) is 5.32 Å². The van der Waals surface area contributed by atoms with Gasteiger partial charge < -0.3 is 10.4 Å². The summed E-state index contributed by atoms with van der Waals surface area (Å²) in [5.74, 6) is -1.17. The van der Waals surface area contributed by atoms with Crippen molar-refractivity contribution in [1.82, 2.24) is 4.90 Å². The first-order chi connectivity index (χ1) is 9.88. The van der Waals surface area contributed by atoms with Gasteiger partial charge in [-0.1, -0.05) is 25.1 Å². The summed E-state index contributed by atoms with van der Waals surface area (Å²) in [7, 11) is 0. The predicted molar refractivity (Wildman–Crippen MR) is 81.3 cm³/mol. The normalized spacial score (nSPS) is 22.2. The van der Waals surface area contributed by atoms with Crippen LogP contribution < -0.4 is 5.32 Å². The minimum atomic E-state index is -0.778. The number of aliphatic carboxylic acids is 1. The number of aryl methyl sites for hydroxylation is 2. The van der Waals surface area contributed by atoms with Gasteiger partial charge in [0.05, 0.1) is 12.5 Å². The average Bonchev–Trinajstić information content (AvgIpc) is 2.75. The van der Waals surface area contributed by atoms with Crippen LogP contribution in [-0.4, -0.2) is 41.5 Å². The molecule has 0 spiro atoms. The first-order valence-electron chi connectivity index (χ1n) is 7.19. The second-order valence-electron chi connectivity index (χ2n) is 5.93. The van der Waals surface area contributed by atoms with E-state index < -0.39 is 5.97 Å². The summed E-state index contributed by atoms with van der Waals surface area (Å²) in [4.78, 5) is 25.2. The number of carboxylic acid groups (broad SMARTS) is 1. The molecule has 0 bridgehead atoms. The molecule has 2 N–H and O–H groups in total. The van der Waals surface area contributed by atoms with Gasteiger partial charge in [-0.25, -0.2) is 0 Å². The van der Waals surface area contributed by atoms with Gasteiger partial charge in [0.2, 0.25) is 5.91 Å². The number of nitrogens with one attached hydrogen (secondary N) is 1. The lowest BCUT2D eigenvalue weighted by Crippen LogP contribution is -2.32. The lowest BCUT2D eigenvalue weighted by molar-refractivity contribution is -0.142. The van der Waals surface area contributed by atoms with Crippen LogP contribution in [0.25, 0.3) is 0 Å². The van der Waals surface area contributed by atoms with Crippen molar-refractivity contribution in [3.8, 4) is 0 Å². The Labute approximate surface area is 125 Å². The minimum absolute atomic E-state index is 0.0792. The average molecular weight is 290 g/mol. The lowest BCUT2D eigenvalue weighted by atomic mass is 9.99. The molecule has 5 nitrogen and oxygen atoms in total. The maximum Gasteiger partial charge on any atom is 0.308 e. The summed E-state index contributed by atoms with van der Waals surface area (Å²) < 4.78 is 0. The Balaban J connectivity index is 1.96. The molecule has 1 saturated heterocycles. The summed E-state index contributed by atoms with van der Waals surface area (Å²) in [6.07, 6.45) is 0. The van der Waals surface area contributed by atoms with E-state index in [0.29, 0.717) is 13.1 Å². The van der Waals surface area contributed by atoms with Gasteiger partial charge in [-0.15, -0.1) is 0 Å². The zero-order valence-electron chi connectivity index (χ0n) is 12.7. The number of hydrogen-bond donors (Lipinski definition) is 2. The number of likely N-dealkylation sites (tertiary alicyclic amines) is 1. The van der Waals surface area contributed by atoms with Crippen molar-refractivity contribution in [3.63, 3.8) is 0 Å². The molecular weight excluding hydrogens is 268 g/mol. The quantitative estimate of drug-likeness (QED) is 0.888. The Kier molecular flexibility index (Phi) is 4.63. The predicted octanol–water partition coefficient (Wildman–Crippen LogP) is 1.89. The van der Waals surface area contributed by atoms with Gasteiger partial charge in [-0.2, -0.15) is 0 Å². The minimum Gasteiger partial charge on any atom is -0.481 e. The number of rotatable bonds is 4. The van der Waals surface area contributed by atoms with Gasteiger partial charge in [0, 0.05) is 18.8 Å². The number of para-hydroxylation sites is 1. The van der Waals surface area contributed by atoms with Crippen LogP contribution in [0.1, 0.15) is 18.1 Å². The van der Waals surface area contributed by atoms with Crippen molar-refractivity contribution in [2.24, 2.45) is 11.8 Å². The Hall–Kier alpha value is -1.88. The number of carbonyl (C=O) groups excluding carboxylic acids is 1. The first-order valence-corrected chi connectivity index (χ1v) is 7.19. The summed E-state index contributed by atoms with van der Waals surface area (Å²) in [5, 5.41) is 12.1. The van der Waals surface area contributed by atoms with Crippen LogP contribution in [0.2, 0.25) is 0 Å². The molecule has 0 radical (unpaired) electrons. The molecule has 1 heterocycles. The molecule has 5 heteroatoms. The summed E-state index contributed by atoms with van der Waals surface area (Å²) in [6, 6.07) is 5.88. The van der Waals surface area contributed by atoms with Gasteiger partial charge in [-0.3, -0.25) is 14.5 Å². The largest absolute Gasteiger partial charge is 0.481 e. The van der Waals surface area contributed by atoms with Crippen molar-refractivity contribution in [2.45, 2.75) is 20.8 Å². The molecular formula is C16H22N2O3. The third kappa shape index (κ3) is 3.61. The Morgan fingerprint density at radius 3 is 2.43 bits per heavy atom. The van der Waals surface area contributed by atoms with E-state index in [4.69, 9.17) is 5.11 Å². The van der Waals surface area contributed by atoms with Crippen LogP contribution in [0.15, 0.2) is 18.2 Å². The van der Waals surface area contributed by atoms with Crippen molar-refractivity contribution < 1.29 is 14.7 Å². The fraction of sp³-hybridized carbons (Fsp3) is 0.500. The molecule has 2 atom stereocenters. The van der Waals surface area contributed by atoms with Crippen LogP contribution in [-0.2, 0) is 9.59 Å². The summed E-state index contributed by atoms with van der Waals surface area (Å²) in [6.45, 7) is 7.17. The van der Waals surface area contributed by atoms with Gasteiger partial charge in [0.15, 0.2) is 0 Å². The molecule has 1 aromatic carbocycles. The van der Waals surface area contributed by atoms with E-state index in [-0.39, 0.29) is 24.3 Å². The fourth-order valence-electron chi connectivity index (χ4n) is 2.91. The third-order valence-corrected chi connectivity index (χ3v) is 4.12. The molecule has 1 aromatic rings. The van der Waals surface area contributed by atoms with Gasteiger partial charge in [0.1, 0.15) is 0 Å². The van der Waals surface area contributed by atoms with Crippen LogP contribution >= 0.6 is 0 Å². The SMILES string of the molecule is Cc1cccc(C)c1NC(=O)CN1CC(C)C(C(=O)O)C1. The highest BCUT2D eigenvalue weighted by Crippen LogP contribution is 2.23. The summed E-state index contributed by atoms with van der Waals surface area (Å²) >= 11 is 0. The van der Waals surface area contributed by atoms with E-state index in [1.807, 2.05) is 43.9 Å². The Morgan fingerprint density at radius 2 is 1.90 bits per heavy atom. The van der Waals surface area contributed by atoms with Crippen LogP contribution in [0.5, 0.6) is 0 Å². The van der Waals surface area contributed by atoms with E-state index in [9.17, 15) is 9.59 Å². The second kappa shape index (κ2) is 6.26. The number of nitrogens with zero attached hydrogens (tertiary/aromatic N) is 1. The molecule has 0 aromatic heterocycles. The lowest BCUT2D eigenvalue weighted by Gasteiger charge is -2.16. The van der Waals surface area contributed by atoms with E-state index in [1.54, 1.807) is 0 Å². The highest BCUT2D eigenvalue weighted by molar-refractivity contribution is 5.93. The highest BCUT2D eigenvalue weighted by atomic mass is 16.4. The molecule has 2 rings (SSSR count). The maximum atomic E-state index is 12.2. The molecule has 1 aliphatic rings. The summed E-state index contributed by atoms with van der Waals surface area (Å²) in [5.41, 5.74) is 2.91. The topological polar surface area (TPSA) is 69.6 Å². The zero-order valence-corrected chi connectivity index (χ0v) is 12.7. The number of benzene rings is 1. The standard InChI is InChI=1S/C16H22N2O3/c1-10-5-4-6-11(2)15(10)17-14(19)9-18-7-12(3)13(8-18)16(20)21/h4-6,12-13H,7-9H2,1-3H3,(H,17,19)(H,20,21). The van der Waals surface area contributed by atoms with Crippen molar-refractivity contribution >= 4 is 17.6 Å². The molecule has 1 aliphatic heterocycles. The van der Waals surface area contributed by atoms with Crippen LogP contribution in [0, 0.1) is 25.7 Å². The molecule has 114 valence electrons. The van der Waals surface area contributed by atoms with Gasteiger partial charge in [0.25, 0.3) is 0 Å². The highest BCUT2D eigenvalue weighted by Gasteiger charge is 2.35. The Bertz CT molecular complexity index is 536. The van der Waals surface area contributed by atoms with Crippen molar-refractivity contribution in [1.29, 1.82) is 0 Å². The van der Waals surface area contributed by atoms with Crippen LogP contribution in [0.4, 0.5) is 5.69 Å². The second-order valence-corrected chi connectivity index (χ2v) is 5.93. The third-order valence-electron chi connectivity index (χ3n) is 4.12. The number of hydrogen-bond acceptors (Lipinski definition) is 3. The number of carboxylic acids is 1. The molecule has 0 aliphatic carbocycles. The van der Waals surface area contributed by atoms with Crippen molar-refractivity contribution in [2.75, 3.05) is 25.0 Å². The molecule has 1 amide bonds. The Morgan fingerprint density at radius 1 is 1.29 bits per heavy atom. The molecule has 21 heavy (non-hydrogen) atoms. The monoisotopic (exact) mass is 290 g/mol. The van der Waals surface area contributed by atoms with Crippen molar-refractivity contribution in [3.05, 3.63) is 29.3 Å². The van der Waals surface area contributed by atoms with Gasteiger partial charge in [-0.05, 0) is 30.9 Å². The first kappa shape index (κ1) is 15.5. The van der Waals surface area contributed by atoms with Crippen LogP contribution in [0.3, 0.4) is 0 Å². The van der Waals surface area contributed by atoms with E-state index in [0.717, 1.165) is 16.8 Å². The maximum absolute atomic E-state index is 12.2. The van der Waals surface area contributed by atoms with E-state index >= 15 is 0 Å².